The highest BCUT2D eigenvalue weighted by molar-refractivity contribution is 5.80. The summed E-state index contributed by atoms with van der Waals surface area (Å²) in [7, 11) is 1.42. The molecule has 1 aliphatic rings. The van der Waals surface area contributed by atoms with Gasteiger partial charge in [-0.15, -0.1) is 0 Å². The second kappa shape index (κ2) is 9.39. The van der Waals surface area contributed by atoms with Crippen molar-refractivity contribution in [2.45, 2.75) is 39.0 Å². The number of benzene rings is 1. The van der Waals surface area contributed by atoms with Crippen LogP contribution in [-0.4, -0.2) is 43.5 Å². The number of amides is 2. The van der Waals surface area contributed by atoms with Crippen LogP contribution in [0.4, 0.5) is 4.39 Å². The number of likely N-dealkylation sites (tertiary alicyclic amines) is 1. The van der Waals surface area contributed by atoms with Gasteiger partial charge in [-0.2, -0.15) is 0 Å². The van der Waals surface area contributed by atoms with Crippen molar-refractivity contribution in [2.75, 3.05) is 26.7 Å². The van der Waals surface area contributed by atoms with E-state index >= 15 is 0 Å². The molecule has 1 fully saturated rings. The number of nitrogens with zero attached hydrogens (tertiary/aromatic N) is 1. The molecule has 1 aromatic carbocycles. The molecule has 0 bridgehead atoms. The quantitative estimate of drug-likeness (QED) is 0.822. The third kappa shape index (κ3) is 5.44. The van der Waals surface area contributed by atoms with Gasteiger partial charge in [-0.05, 0) is 43.4 Å². The van der Waals surface area contributed by atoms with Gasteiger partial charge in [-0.1, -0.05) is 13.0 Å². The van der Waals surface area contributed by atoms with Crippen LogP contribution in [0.15, 0.2) is 18.2 Å². The maximum atomic E-state index is 13.7. The normalized spacial score (nSPS) is 15.1. The van der Waals surface area contributed by atoms with E-state index in [2.05, 4.69) is 5.32 Å². The number of halogens is 1. The predicted octanol–water partition coefficient (Wildman–Crippen LogP) is 2.53. The van der Waals surface area contributed by atoms with Gasteiger partial charge in [-0.3, -0.25) is 9.59 Å². The molecule has 1 saturated heterocycles. The number of hydrogen-bond donors (Lipinski definition) is 1. The molecule has 1 aromatic rings. The lowest BCUT2D eigenvalue weighted by Crippen LogP contribution is -2.43. The summed E-state index contributed by atoms with van der Waals surface area (Å²) in [5.41, 5.74) is 0.778. The molecule has 0 aliphatic carbocycles. The van der Waals surface area contributed by atoms with Crippen LogP contribution < -0.4 is 10.1 Å². The maximum Gasteiger partial charge on any atom is 0.223 e. The number of aryl methyl sites for hydroxylation is 1. The van der Waals surface area contributed by atoms with Crippen molar-refractivity contribution in [3.63, 3.8) is 0 Å². The number of nitrogens with one attached hydrogen (secondary N) is 1. The Hall–Kier alpha value is -2.11. The number of carbonyl (C=O) groups excluding carboxylic acids is 2. The first-order valence-electron chi connectivity index (χ1n) is 8.93. The van der Waals surface area contributed by atoms with E-state index in [1.807, 2.05) is 11.8 Å². The third-order valence-corrected chi connectivity index (χ3v) is 4.61. The summed E-state index contributed by atoms with van der Waals surface area (Å²) >= 11 is 0. The summed E-state index contributed by atoms with van der Waals surface area (Å²) in [5, 5.41) is 2.92. The minimum atomic E-state index is -0.411. The lowest BCUT2D eigenvalue weighted by Gasteiger charge is -2.31. The molecule has 5 nitrogen and oxygen atoms in total. The zero-order chi connectivity index (χ0) is 18.2. The van der Waals surface area contributed by atoms with E-state index in [-0.39, 0.29) is 23.5 Å². The Labute approximate surface area is 148 Å². The number of methoxy groups -OCH3 is 1. The fourth-order valence-corrected chi connectivity index (χ4v) is 3.06. The Morgan fingerprint density at radius 1 is 1.32 bits per heavy atom. The largest absolute Gasteiger partial charge is 0.494 e. The summed E-state index contributed by atoms with van der Waals surface area (Å²) < 4.78 is 18.6. The molecule has 0 unspecified atom stereocenters. The van der Waals surface area contributed by atoms with Gasteiger partial charge in [0.2, 0.25) is 11.8 Å². The van der Waals surface area contributed by atoms with Crippen LogP contribution in [-0.2, 0) is 16.0 Å². The minimum Gasteiger partial charge on any atom is -0.494 e. The third-order valence-electron chi connectivity index (χ3n) is 4.61. The number of hydrogen-bond acceptors (Lipinski definition) is 3. The molecule has 6 heteroatoms. The van der Waals surface area contributed by atoms with Crippen LogP contribution in [0.25, 0.3) is 0 Å². The number of carbonyl (C=O) groups is 2. The molecule has 2 amide bonds. The fourth-order valence-electron chi connectivity index (χ4n) is 3.06. The zero-order valence-electron chi connectivity index (χ0n) is 15.0. The average molecular weight is 350 g/mol. The van der Waals surface area contributed by atoms with Crippen molar-refractivity contribution < 1.29 is 18.7 Å². The Morgan fingerprint density at radius 3 is 2.64 bits per heavy atom. The predicted molar refractivity (Wildman–Crippen MR) is 93.9 cm³/mol. The smallest absolute Gasteiger partial charge is 0.223 e. The lowest BCUT2D eigenvalue weighted by molar-refractivity contribution is -0.135. The van der Waals surface area contributed by atoms with Crippen LogP contribution in [0.5, 0.6) is 5.75 Å². The van der Waals surface area contributed by atoms with E-state index in [9.17, 15) is 14.0 Å². The second-order valence-corrected chi connectivity index (χ2v) is 6.41. The van der Waals surface area contributed by atoms with Gasteiger partial charge in [0.1, 0.15) is 0 Å². The molecular weight excluding hydrogens is 323 g/mol. The van der Waals surface area contributed by atoms with E-state index in [4.69, 9.17) is 4.74 Å². The molecule has 138 valence electrons. The number of ether oxygens (including phenoxy) is 1. The summed E-state index contributed by atoms with van der Waals surface area (Å²) in [6.07, 6.45) is 3.18. The average Bonchev–Trinajstić information content (AvgIpc) is 2.64. The fraction of sp³-hybridized carbons (Fsp3) is 0.579. The molecule has 0 atom stereocenters. The molecule has 0 aromatic heterocycles. The van der Waals surface area contributed by atoms with Crippen LogP contribution in [0.3, 0.4) is 0 Å². The molecular formula is C19H27FN2O3. The Kier molecular flexibility index (Phi) is 7.22. The first kappa shape index (κ1) is 19.2. The SMILES string of the molecule is CCCNC(=O)C1CCN(C(=O)CCc2ccc(OC)c(F)c2)CC1. The van der Waals surface area contributed by atoms with E-state index in [1.54, 1.807) is 12.1 Å². The molecule has 25 heavy (non-hydrogen) atoms. The van der Waals surface area contributed by atoms with Crippen molar-refractivity contribution in [1.82, 2.24) is 10.2 Å². The zero-order valence-corrected chi connectivity index (χ0v) is 15.0. The van der Waals surface area contributed by atoms with Crippen molar-refractivity contribution in [2.24, 2.45) is 5.92 Å². The topological polar surface area (TPSA) is 58.6 Å². The molecule has 1 aliphatic heterocycles. The van der Waals surface area contributed by atoms with E-state index in [0.29, 0.717) is 45.3 Å². The highest BCUT2D eigenvalue weighted by atomic mass is 19.1. The molecule has 0 radical (unpaired) electrons. The van der Waals surface area contributed by atoms with Crippen molar-refractivity contribution >= 4 is 11.8 Å². The van der Waals surface area contributed by atoms with Crippen LogP contribution in [0, 0.1) is 11.7 Å². The Bertz CT molecular complexity index is 598. The highest BCUT2D eigenvalue weighted by Crippen LogP contribution is 2.20. The van der Waals surface area contributed by atoms with E-state index < -0.39 is 5.82 Å². The first-order chi connectivity index (χ1) is 12.0. The van der Waals surface area contributed by atoms with Crippen LogP contribution >= 0.6 is 0 Å². The van der Waals surface area contributed by atoms with E-state index in [1.165, 1.54) is 13.2 Å². The molecule has 0 spiro atoms. The highest BCUT2D eigenvalue weighted by Gasteiger charge is 2.26. The second-order valence-electron chi connectivity index (χ2n) is 6.41. The maximum absolute atomic E-state index is 13.7. The van der Waals surface area contributed by atoms with E-state index in [0.717, 1.165) is 12.0 Å². The monoisotopic (exact) mass is 350 g/mol. The summed E-state index contributed by atoms with van der Waals surface area (Å²) in [4.78, 5) is 26.1. The molecule has 0 saturated carbocycles. The van der Waals surface area contributed by atoms with Gasteiger partial charge >= 0.3 is 0 Å². The van der Waals surface area contributed by atoms with Crippen LogP contribution in [0.2, 0.25) is 0 Å². The number of piperidine rings is 1. The van der Waals surface area contributed by atoms with Gasteiger partial charge in [0.25, 0.3) is 0 Å². The van der Waals surface area contributed by atoms with Gasteiger partial charge in [-0.25, -0.2) is 4.39 Å². The van der Waals surface area contributed by atoms with Gasteiger partial charge in [0.05, 0.1) is 7.11 Å². The standard InChI is InChI=1S/C19H27FN2O3/c1-3-10-21-19(24)15-8-11-22(12-9-15)18(23)7-5-14-4-6-17(25-2)16(20)13-14/h4,6,13,15H,3,5,7-12H2,1-2H3,(H,21,24). The van der Waals surface area contributed by atoms with Crippen LogP contribution in [0.1, 0.15) is 38.2 Å². The summed E-state index contributed by atoms with van der Waals surface area (Å²) in [6, 6.07) is 4.77. The Balaban J connectivity index is 1.77. The summed E-state index contributed by atoms with van der Waals surface area (Å²) in [6.45, 7) is 3.95. The molecule has 1 N–H and O–H groups in total. The molecule has 1 heterocycles. The minimum absolute atomic E-state index is 0.00582. The van der Waals surface area contributed by atoms with Crippen molar-refractivity contribution in [3.05, 3.63) is 29.6 Å². The van der Waals surface area contributed by atoms with Crippen molar-refractivity contribution in [1.29, 1.82) is 0 Å². The van der Waals surface area contributed by atoms with Gasteiger partial charge in [0, 0.05) is 32.0 Å². The van der Waals surface area contributed by atoms with Crippen molar-refractivity contribution in [3.8, 4) is 5.75 Å². The number of rotatable bonds is 7. The molecule has 2 rings (SSSR count). The Morgan fingerprint density at radius 2 is 2.04 bits per heavy atom. The first-order valence-corrected chi connectivity index (χ1v) is 8.93. The summed E-state index contributed by atoms with van der Waals surface area (Å²) in [5.74, 6) is -0.0394. The lowest BCUT2D eigenvalue weighted by atomic mass is 9.95. The van der Waals surface area contributed by atoms with Gasteiger partial charge < -0.3 is 15.0 Å². The van der Waals surface area contributed by atoms with Gasteiger partial charge in [0.15, 0.2) is 11.6 Å².